The van der Waals surface area contributed by atoms with E-state index in [0.717, 1.165) is 5.56 Å². The SMILES string of the molecule is CC(c1ccccc1)n1nncc1CC(=O)O. The van der Waals surface area contributed by atoms with Gasteiger partial charge < -0.3 is 5.11 Å². The molecule has 0 radical (unpaired) electrons. The van der Waals surface area contributed by atoms with Crippen LogP contribution in [0.5, 0.6) is 0 Å². The fourth-order valence-corrected chi connectivity index (χ4v) is 1.75. The second kappa shape index (κ2) is 4.78. The molecule has 1 atom stereocenters. The molecule has 0 spiro atoms. The van der Waals surface area contributed by atoms with Crippen molar-refractivity contribution in [3.63, 3.8) is 0 Å². The van der Waals surface area contributed by atoms with Gasteiger partial charge in [-0.05, 0) is 12.5 Å². The Morgan fingerprint density at radius 1 is 1.41 bits per heavy atom. The van der Waals surface area contributed by atoms with Gasteiger partial charge in [0.25, 0.3) is 0 Å². The topological polar surface area (TPSA) is 68.0 Å². The van der Waals surface area contributed by atoms with Crippen molar-refractivity contribution in [3.05, 3.63) is 47.8 Å². The first-order valence-electron chi connectivity index (χ1n) is 5.34. The Morgan fingerprint density at radius 2 is 2.12 bits per heavy atom. The molecule has 1 heterocycles. The van der Waals surface area contributed by atoms with Crippen LogP contribution < -0.4 is 0 Å². The maximum Gasteiger partial charge on any atom is 0.309 e. The van der Waals surface area contributed by atoms with Gasteiger partial charge in [-0.2, -0.15) is 0 Å². The van der Waals surface area contributed by atoms with Gasteiger partial charge in [0.15, 0.2) is 0 Å². The molecule has 0 aliphatic heterocycles. The van der Waals surface area contributed by atoms with Gasteiger partial charge >= 0.3 is 5.97 Å². The minimum atomic E-state index is -0.881. The van der Waals surface area contributed by atoms with Crippen LogP contribution in [0.4, 0.5) is 0 Å². The molecule has 0 amide bonds. The summed E-state index contributed by atoms with van der Waals surface area (Å²) in [5.41, 5.74) is 1.68. The van der Waals surface area contributed by atoms with Crippen molar-refractivity contribution < 1.29 is 9.90 Å². The lowest BCUT2D eigenvalue weighted by Crippen LogP contribution is -2.14. The fourth-order valence-electron chi connectivity index (χ4n) is 1.75. The van der Waals surface area contributed by atoms with Gasteiger partial charge in [0.2, 0.25) is 0 Å². The van der Waals surface area contributed by atoms with Crippen LogP contribution in [0.2, 0.25) is 0 Å². The van der Waals surface area contributed by atoms with Crippen LogP contribution in [0.3, 0.4) is 0 Å². The average molecular weight is 231 g/mol. The zero-order chi connectivity index (χ0) is 12.3. The molecule has 1 aromatic heterocycles. The second-order valence-corrected chi connectivity index (χ2v) is 3.83. The normalized spacial score (nSPS) is 12.3. The van der Waals surface area contributed by atoms with Gasteiger partial charge in [0.05, 0.1) is 24.4 Å². The van der Waals surface area contributed by atoms with E-state index in [-0.39, 0.29) is 12.5 Å². The highest BCUT2D eigenvalue weighted by atomic mass is 16.4. The van der Waals surface area contributed by atoms with E-state index in [1.54, 1.807) is 4.68 Å². The Hall–Kier alpha value is -2.17. The van der Waals surface area contributed by atoms with Crippen LogP contribution in [0, 0.1) is 0 Å². The minimum absolute atomic E-state index is 0.0203. The maximum atomic E-state index is 10.7. The third-order valence-electron chi connectivity index (χ3n) is 2.63. The Bertz CT molecular complexity index is 507. The van der Waals surface area contributed by atoms with E-state index >= 15 is 0 Å². The van der Waals surface area contributed by atoms with Crippen LogP contribution >= 0.6 is 0 Å². The molecule has 1 N–H and O–H groups in total. The highest BCUT2D eigenvalue weighted by Gasteiger charge is 2.14. The molecule has 5 nitrogen and oxygen atoms in total. The number of hydrogen-bond acceptors (Lipinski definition) is 3. The third-order valence-corrected chi connectivity index (χ3v) is 2.63. The lowest BCUT2D eigenvalue weighted by molar-refractivity contribution is -0.136. The van der Waals surface area contributed by atoms with Crippen LogP contribution in [-0.4, -0.2) is 26.1 Å². The smallest absolute Gasteiger partial charge is 0.309 e. The van der Waals surface area contributed by atoms with E-state index in [2.05, 4.69) is 10.3 Å². The lowest BCUT2D eigenvalue weighted by Gasteiger charge is -2.14. The summed E-state index contributed by atoms with van der Waals surface area (Å²) >= 11 is 0. The second-order valence-electron chi connectivity index (χ2n) is 3.83. The highest BCUT2D eigenvalue weighted by Crippen LogP contribution is 2.17. The number of benzene rings is 1. The first kappa shape index (κ1) is 11.3. The molecule has 88 valence electrons. The number of carbonyl (C=O) groups is 1. The van der Waals surface area contributed by atoms with Gasteiger partial charge in [0.1, 0.15) is 0 Å². The molecular weight excluding hydrogens is 218 g/mol. The van der Waals surface area contributed by atoms with Crippen LogP contribution in [-0.2, 0) is 11.2 Å². The molecule has 0 aliphatic carbocycles. The molecule has 1 unspecified atom stereocenters. The average Bonchev–Trinajstić information content (AvgIpc) is 2.76. The molecule has 17 heavy (non-hydrogen) atoms. The number of carboxylic acids is 1. The lowest BCUT2D eigenvalue weighted by atomic mass is 10.1. The first-order chi connectivity index (χ1) is 8.18. The number of hydrogen-bond donors (Lipinski definition) is 1. The molecule has 2 rings (SSSR count). The van der Waals surface area contributed by atoms with E-state index in [1.165, 1.54) is 6.20 Å². The Labute approximate surface area is 98.7 Å². The molecule has 1 aromatic carbocycles. The quantitative estimate of drug-likeness (QED) is 0.866. The monoisotopic (exact) mass is 231 g/mol. The van der Waals surface area contributed by atoms with E-state index in [0.29, 0.717) is 5.69 Å². The van der Waals surface area contributed by atoms with Crippen molar-refractivity contribution in [1.29, 1.82) is 0 Å². The highest BCUT2D eigenvalue weighted by molar-refractivity contribution is 5.69. The summed E-state index contributed by atoms with van der Waals surface area (Å²) in [5, 5.41) is 16.5. The summed E-state index contributed by atoms with van der Waals surface area (Å²) in [5.74, 6) is -0.881. The Kier molecular flexibility index (Phi) is 3.18. The van der Waals surface area contributed by atoms with Crippen molar-refractivity contribution in [1.82, 2.24) is 15.0 Å². The molecule has 0 saturated heterocycles. The van der Waals surface area contributed by atoms with Crippen LogP contribution in [0.25, 0.3) is 0 Å². The van der Waals surface area contributed by atoms with E-state index in [4.69, 9.17) is 5.11 Å². The van der Waals surface area contributed by atoms with Crippen LogP contribution in [0.1, 0.15) is 24.2 Å². The molecule has 2 aromatic rings. The van der Waals surface area contributed by atoms with Gasteiger partial charge in [-0.3, -0.25) is 4.79 Å². The largest absolute Gasteiger partial charge is 0.481 e. The van der Waals surface area contributed by atoms with Crippen molar-refractivity contribution >= 4 is 5.97 Å². The molecule has 5 heteroatoms. The summed E-state index contributed by atoms with van der Waals surface area (Å²) in [7, 11) is 0. The molecular formula is C12H13N3O2. The standard InChI is InChI=1S/C12H13N3O2/c1-9(10-5-3-2-4-6-10)15-11(7-12(16)17)8-13-14-15/h2-6,8-9H,7H2,1H3,(H,16,17). The zero-order valence-corrected chi connectivity index (χ0v) is 9.45. The summed E-state index contributed by atoms with van der Waals surface area (Å²) in [6.07, 6.45) is 1.43. The summed E-state index contributed by atoms with van der Waals surface area (Å²) < 4.78 is 1.64. The van der Waals surface area contributed by atoms with Gasteiger partial charge in [-0.1, -0.05) is 35.5 Å². The molecule has 0 bridgehead atoms. The number of carboxylic acid groups (broad SMARTS) is 1. The van der Waals surface area contributed by atoms with Crippen molar-refractivity contribution in [2.45, 2.75) is 19.4 Å². The predicted octanol–water partition coefficient (Wildman–Crippen LogP) is 1.51. The Morgan fingerprint density at radius 3 is 2.76 bits per heavy atom. The van der Waals surface area contributed by atoms with Crippen molar-refractivity contribution in [2.75, 3.05) is 0 Å². The van der Waals surface area contributed by atoms with Crippen molar-refractivity contribution in [2.24, 2.45) is 0 Å². The number of aliphatic carboxylic acids is 1. The number of rotatable bonds is 4. The summed E-state index contributed by atoms with van der Waals surface area (Å²) in [6, 6.07) is 9.77. The fraction of sp³-hybridized carbons (Fsp3) is 0.250. The molecule has 0 aliphatic rings. The van der Waals surface area contributed by atoms with Crippen molar-refractivity contribution in [3.8, 4) is 0 Å². The first-order valence-corrected chi connectivity index (χ1v) is 5.34. The van der Waals surface area contributed by atoms with E-state index in [9.17, 15) is 4.79 Å². The number of nitrogens with zero attached hydrogens (tertiary/aromatic N) is 3. The minimum Gasteiger partial charge on any atom is -0.481 e. The summed E-state index contributed by atoms with van der Waals surface area (Å²) in [4.78, 5) is 10.7. The molecule has 0 saturated carbocycles. The van der Waals surface area contributed by atoms with Crippen LogP contribution in [0.15, 0.2) is 36.5 Å². The zero-order valence-electron chi connectivity index (χ0n) is 9.45. The predicted molar refractivity (Wildman–Crippen MR) is 61.6 cm³/mol. The maximum absolute atomic E-state index is 10.7. The Balaban J connectivity index is 2.28. The summed E-state index contributed by atoms with van der Waals surface area (Å²) in [6.45, 7) is 1.97. The molecule has 0 fully saturated rings. The number of aromatic nitrogens is 3. The van der Waals surface area contributed by atoms with Gasteiger partial charge in [-0.15, -0.1) is 5.10 Å². The van der Waals surface area contributed by atoms with Gasteiger partial charge in [0, 0.05) is 0 Å². The van der Waals surface area contributed by atoms with Gasteiger partial charge in [-0.25, -0.2) is 4.68 Å². The third kappa shape index (κ3) is 2.50. The van der Waals surface area contributed by atoms with E-state index in [1.807, 2.05) is 37.3 Å². The van der Waals surface area contributed by atoms with E-state index < -0.39 is 5.97 Å².